The second-order valence-electron chi connectivity index (χ2n) is 5.30. The highest BCUT2D eigenvalue weighted by atomic mass is 32.2. The quantitative estimate of drug-likeness (QED) is 0.792. The zero-order valence-electron chi connectivity index (χ0n) is 14.1. The summed E-state index contributed by atoms with van der Waals surface area (Å²) in [6.45, 7) is 2.17. The predicted molar refractivity (Wildman–Crippen MR) is 90.6 cm³/mol. The van der Waals surface area contributed by atoms with Gasteiger partial charge in [-0.2, -0.15) is 0 Å². The number of hydrogen-bond donors (Lipinski definition) is 1. The van der Waals surface area contributed by atoms with Gasteiger partial charge in [-0.05, 0) is 19.1 Å². The summed E-state index contributed by atoms with van der Waals surface area (Å²) >= 11 is 0. The molecule has 0 spiro atoms. The van der Waals surface area contributed by atoms with E-state index in [4.69, 9.17) is 9.47 Å². The lowest BCUT2D eigenvalue weighted by molar-refractivity contribution is 0.0977. The zero-order chi connectivity index (χ0) is 19.3. The van der Waals surface area contributed by atoms with Crippen molar-refractivity contribution in [2.24, 2.45) is 0 Å². The summed E-state index contributed by atoms with van der Waals surface area (Å²) in [5.41, 5.74) is -0.108. The second-order valence-corrected chi connectivity index (χ2v) is 7.04. The molecule has 6 nitrogen and oxygen atoms in total. The van der Waals surface area contributed by atoms with Gasteiger partial charge >= 0.3 is 0 Å². The molecule has 0 fully saturated rings. The number of carbonyl (C=O) groups excluding carboxylic acids is 1. The molecule has 140 valence electrons. The third kappa shape index (κ3) is 5.16. The average Bonchev–Trinajstić information content (AvgIpc) is 2.55. The smallest absolute Gasteiger partial charge is 0.267 e. The van der Waals surface area contributed by atoms with Gasteiger partial charge in [-0.3, -0.25) is 4.79 Å². The lowest BCUT2D eigenvalue weighted by atomic mass is 10.2. The molecule has 0 heterocycles. The Kier molecular flexibility index (Phi) is 6.14. The van der Waals surface area contributed by atoms with Crippen LogP contribution in [-0.2, 0) is 16.6 Å². The average molecular weight is 385 g/mol. The number of carbonyl (C=O) groups is 1. The van der Waals surface area contributed by atoms with Crippen molar-refractivity contribution in [1.82, 2.24) is 4.72 Å². The van der Waals surface area contributed by atoms with Gasteiger partial charge in [-0.1, -0.05) is 18.2 Å². The fourth-order valence-electron chi connectivity index (χ4n) is 2.11. The van der Waals surface area contributed by atoms with Gasteiger partial charge in [0.15, 0.2) is 11.6 Å². The van der Waals surface area contributed by atoms with Crippen LogP contribution in [0.25, 0.3) is 0 Å². The molecule has 0 atom stereocenters. The molecule has 9 heteroatoms. The third-order valence-electron chi connectivity index (χ3n) is 3.20. The number of hydrogen-bond acceptors (Lipinski definition) is 5. The molecule has 26 heavy (non-hydrogen) atoms. The van der Waals surface area contributed by atoms with Gasteiger partial charge in [0, 0.05) is 11.6 Å². The Morgan fingerprint density at radius 2 is 1.77 bits per heavy atom. The van der Waals surface area contributed by atoms with Crippen molar-refractivity contribution >= 4 is 15.9 Å². The van der Waals surface area contributed by atoms with Gasteiger partial charge in [-0.25, -0.2) is 21.9 Å². The summed E-state index contributed by atoms with van der Waals surface area (Å²) in [6, 6.07) is 8.22. The highest BCUT2D eigenvalue weighted by molar-refractivity contribution is 7.89. The topological polar surface area (TPSA) is 81.7 Å². The van der Waals surface area contributed by atoms with Crippen LogP contribution in [0.1, 0.15) is 22.8 Å². The number of rotatable bonds is 7. The summed E-state index contributed by atoms with van der Waals surface area (Å²) in [7, 11) is -3.90. The van der Waals surface area contributed by atoms with Gasteiger partial charge in [0.05, 0.1) is 18.4 Å². The normalized spacial score (nSPS) is 11.1. The number of nitrogens with one attached hydrogen (secondary N) is 1. The van der Waals surface area contributed by atoms with E-state index in [2.05, 4.69) is 0 Å². The first-order valence-corrected chi connectivity index (χ1v) is 9.45. The fourth-order valence-corrected chi connectivity index (χ4v) is 2.56. The SMILES string of the molecule is CCOc1ccccc1COc1cc(F)c(C(=O)NS(C)(=O)=O)cc1F. The van der Waals surface area contributed by atoms with Crippen LogP contribution in [0.4, 0.5) is 8.78 Å². The molecular weight excluding hydrogens is 368 g/mol. The third-order valence-corrected chi connectivity index (χ3v) is 3.76. The molecule has 1 amide bonds. The van der Waals surface area contributed by atoms with Gasteiger partial charge < -0.3 is 9.47 Å². The van der Waals surface area contributed by atoms with Gasteiger partial charge in [0.25, 0.3) is 5.91 Å². The van der Waals surface area contributed by atoms with Crippen molar-refractivity contribution in [3.8, 4) is 11.5 Å². The van der Waals surface area contributed by atoms with E-state index in [0.29, 0.717) is 30.1 Å². The van der Waals surface area contributed by atoms with E-state index in [0.717, 1.165) is 6.26 Å². The van der Waals surface area contributed by atoms with E-state index in [1.807, 2.05) is 6.92 Å². The Morgan fingerprint density at radius 3 is 2.42 bits per heavy atom. The minimum absolute atomic E-state index is 0.0819. The molecule has 0 saturated heterocycles. The molecule has 2 aromatic rings. The summed E-state index contributed by atoms with van der Waals surface area (Å²) in [5, 5.41) is 0. The van der Waals surface area contributed by atoms with Crippen molar-refractivity contribution in [1.29, 1.82) is 0 Å². The maximum atomic E-state index is 14.1. The van der Waals surface area contributed by atoms with Gasteiger partial charge in [0.2, 0.25) is 10.0 Å². The van der Waals surface area contributed by atoms with Crippen LogP contribution in [0.15, 0.2) is 36.4 Å². The van der Waals surface area contributed by atoms with Crippen LogP contribution in [0.3, 0.4) is 0 Å². The van der Waals surface area contributed by atoms with Crippen LogP contribution in [0.5, 0.6) is 11.5 Å². The van der Waals surface area contributed by atoms with E-state index in [1.165, 1.54) is 0 Å². The molecular formula is C17H17F2NO5S. The molecule has 2 aromatic carbocycles. The summed E-state index contributed by atoms with van der Waals surface area (Å²) in [5.74, 6) is -3.23. The largest absolute Gasteiger partial charge is 0.493 e. The van der Waals surface area contributed by atoms with Crippen LogP contribution in [0.2, 0.25) is 0 Å². The Labute approximate surface area is 149 Å². The van der Waals surface area contributed by atoms with Crippen molar-refractivity contribution in [3.05, 3.63) is 59.2 Å². The number of benzene rings is 2. The Hall–Kier alpha value is -2.68. The van der Waals surface area contributed by atoms with Crippen LogP contribution >= 0.6 is 0 Å². The van der Waals surface area contributed by atoms with E-state index >= 15 is 0 Å². The monoisotopic (exact) mass is 385 g/mol. The lowest BCUT2D eigenvalue weighted by Crippen LogP contribution is -2.30. The summed E-state index contributed by atoms with van der Waals surface area (Å²) in [4.78, 5) is 11.7. The Morgan fingerprint density at radius 1 is 1.08 bits per heavy atom. The first kappa shape index (κ1) is 19.6. The summed E-state index contributed by atoms with van der Waals surface area (Å²) in [6.07, 6.45) is 0.729. The summed E-state index contributed by atoms with van der Waals surface area (Å²) < 4.78 is 62.5. The van der Waals surface area contributed by atoms with E-state index < -0.39 is 38.9 Å². The molecule has 0 radical (unpaired) electrons. The molecule has 1 N–H and O–H groups in total. The standard InChI is InChI=1S/C17H17F2NO5S/c1-3-24-15-7-5-4-6-11(15)10-25-16-9-13(18)12(8-14(16)19)17(21)20-26(2,22)23/h4-9H,3,10H2,1-2H3,(H,20,21). The molecule has 0 aliphatic carbocycles. The molecule has 2 rings (SSSR count). The maximum absolute atomic E-state index is 14.1. The van der Waals surface area contributed by atoms with Crippen molar-refractivity contribution < 1.29 is 31.5 Å². The lowest BCUT2D eigenvalue weighted by Gasteiger charge is -2.12. The number of amides is 1. The Balaban J connectivity index is 2.19. The molecule has 0 aliphatic rings. The van der Waals surface area contributed by atoms with Crippen molar-refractivity contribution in [2.45, 2.75) is 13.5 Å². The molecule has 0 aliphatic heterocycles. The minimum Gasteiger partial charge on any atom is -0.493 e. The zero-order valence-corrected chi connectivity index (χ0v) is 14.9. The minimum atomic E-state index is -3.90. The van der Waals surface area contributed by atoms with E-state index in [1.54, 1.807) is 29.0 Å². The van der Waals surface area contributed by atoms with E-state index in [-0.39, 0.29) is 6.61 Å². The van der Waals surface area contributed by atoms with E-state index in [9.17, 15) is 22.0 Å². The van der Waals surface area contributed by atoms with Crippen molar-refractivity contribution in [2.75, 3.05) is 12.9 Å². The number of ether oxygens (including phenoxy) is 2. The highest BCUT2D eigenvalue weighted by Crippen LogP contribution is 2.25. The maximum Gasteiger partial charge on any atom is 0.267 e. The van der Waals surface area contributed by atoms with Crippen LogP contribution in [0, 0.1) is 11.6 Å². The number of sulfonamides is 1. The molecule has 0 bridgehead atoms. The van der Waals surface area contributed by atoms with Crippen LogP contribution < -0.4 is 14.2 Å². The first-order chi connectivity index (χ1) is 12.2. The predicted octanol–water partition coefficient (Wildman–Crippen LogP) is 2.63. The van der Waals surface area contributed by atoms with Crippen LogP contribution in [-0.4, -0.2) is 27.2 Å². The van der Waals surface area contributed by atoms with Crippen molar-refractivity contribution in [3.63, 3.8) is 0 Å². The first-order valence-electron chi connectivity index (χ1n) is 7.56. The number of halogens is 2. The fraction of sp³-hybridized carbons (Fsp3) is 0.235. The second kappa shape index (κ2) is 8.13. The molecule has 0 saturated carbocycles. The van der Waals surface area contributed by atoms with Gasteiger partial charge in [0.1, 0.15) is 18.2 Å². The Bertz CT molecular complexity index is 915. The van der Waals surface area contributed by atoms with Gasteiger partial charge in [-0.15, -0.1) is 0 Å². The molecule has 0 aromatic heterocycles. The molecule has 0 unspecified atom stereocenters. The number of para-hydroxylation sites is 1. The highest BCUT2D eigenvalue weighted by Gasteiger charge is 2.19.